The predicted molar refractivity (Wildman–Crippen MR) is 54.3 cm³/mol. The van der Waals surface area contributed by atoms with Crippen molar-refractivity contribution >= 4 is 0 Å². The SMILES string of the molecule is CCC(C)C(C)C1(F)CCC(N)C1. The molecule has 2 N–H and O–H groups in total. The van der Waals surface area contributed by atoms with Crippen LogP contribution in [-0.4, -0.2) is 11.7 Å². The molecule has 13 heavy (non-hydrogen) atoms. The van der Waals surface area contributed by atoms with Crippen molar-refractivity contribution in [3.8, 4) is 0 Å². The number of hydrogen-bond donors (Lipinski definition) is 1. The average molecular weight is 187 g/mol. The van der Waals surface area contributed by atoms with Gasteiger partial charge in [0, 0.05) is 6.04 Å². The number of rotatable bonds is 3. The van der Waals surface area contributed by atoms with Crippen molar-refractivity contribution in [3.63, 3.8) is 0 Å². The maximum absolute atomic E-state index is 14.3. The normalized spacial score (nSPS) is 39.0. The van der Waals surface area contributed by atoms with Crippen molar-refractivity contribution < 1.29 is 4.39 Å². The fraction of sp³-hybridized carbons (Fsp3) is 1.00. The van der Waals surface area contributed by atoms with E-state index < -0.39 is 5.67 Å². The Kier molecular flexibility index (Phi) is 3.33. The Bertz CT molecular complexity index is 171. The van der Waals surface area contributed by atoms with E-state index in [-0.39, 0.29) is 12.0 Å². The van der Waals surface area contributed by atoms with Gasteiger partial charge in [0.1, 0.15) is 5.67 Å². The van der Waals surface area contributed by atoms with Crippen LogP contribution < -0.4 is 5.73 Å². The van der Waals surface area contributed by atoms with Crippen molar-refractivity contribution in [2.75, 3.05) is 0 Å². The third kappa shape index (κ3) is 2.22. The molecule has 0 heterocycles. The van der Waals surface area contributed by atoms with E-state index in [1.54, 1.807) is 0 Å². The van der Waals surface area contributed by atoms with Crippen LogP contribution in [0.5, 0.6) is 0 Å². The molecule has 4 unspecified atom stereocenters. The van der Waals surface area contributed by atoms with E-state index in [2.05, 4.69) is 13.8 Å². The highest BCUT2D eigenvalue weighted by atomic mass is 19.1. The summed E-state index contributed by atoms with van der Waals surface area (Å²) < 4.78 is 14.3. The molecule has 0 saturated heterocycles. The van der Waals surface area contributed by atoms with Gasteiger partial charge in [-0.05, 0) is 31.1 Å². The Morgan fingerprint density at radius 2 is 2.15 bits per heavy atom. The summed E-state index contributed by atoms with van der Waals surface area (Å²) in [4.78, 5) is 0. The fourth-order valence-electron chi connectivity index (χ4n) is 2.34. The largest absolute Gasteiger partial charge is 0.328 e. The second kappa shape index (κ2) is 3.95. The molecule has 4 atom stereocenters. The van der Waals surface area contributed by atoms with Crippen LogP contribution in [0.2, 0.25) is 0 Å². The average Bonchev–Trinajstić information content (AvgIpc) is 2.45. The van der Waals surface area contributed by atoms with Gasteiger partial charge in [0.15, 0.2) is 0 Å². The topological polar surface area (TPSA) is 26.0 Å². The molecule has 0 amide bonds. The van der Waals surface area contributed by atoms with E-state index in [0.717, 1.165) is 12.8 Å². The highest BCUT2D eigenvalue weighted by molar-refractivity contribution is 4.96. The summed E-state index contributed by atoms with van der Waals surface area (Å²) in [5.74, 6) is 0.626. The molecule has 1 aliphatic carbocycles. The molecule has 0 aliphatic heterocycles. The molecule has 0 bridgehead atoms. The van der Waals surface area contributed by atoms with Crippen molar-refractivity contribution in [1.82, 2.24) is 0 Å². The van der Waals surface area contributed by atoms with Crippen molar-refractivity contribution in [3.05, 3.63) is 0 Å². The van der Waals surface area contributed by atoms with E-state index in [0.29, 0.717) is 18.8 Å². The first-order chi connectivity index (χ1) is 5.99. The highest BCUT2D eigenvalue weighted by Gasteiger charge is 2.43. The standard InChI is InChI=1S/C11H22FN/c1-4-8(2)9(3)11(12)6-5-10(13)7-11/h8-10H,4-7,13H2,1-3H3. The van der Waals surface area contributed by atoms with E-state index >= 15 is 0 Å². The van der Waals surface area contributed by atoms with Gasteiger partial charge in [-0.3, -0.25) is 0 Å². The zero-order valence-corrected chi connectivity index (χ0v) is 9.02. The Morgan fingerprint density at radius 3 is 2.54 bits per heavy atom. The van der Waals surface area contributed by atoms with E-state index in [1.807, 2.05) is 6.92 Å². The molecule has 78 valence electrons. The summed E-state index contributed by atoms with van der Waals surface area (Å²) in [6.07, 6.45) is 3.15. The molecule has 0 aromatic rings. The maximum atomic E-state index is 14.3. The molecule has 1 fully saturated rings. The van der Waals surface area contributed by atoms with Crippen LogP contribution in [0.4, 0.5) is 4.39 Å². The van der Waals surface area contributed by atoms with Crippen LogP contribution in [-0.2, 0) is 0 Å². The molecule has 1 rings (SSSR count). The van der Waals surface area contributed by atoms with E-state index in [1.165, 1.54) is 0 Å². The molecule has 1 aliphatic rings. The third-order valence-electron chi connectivity index (χ3n) is 3.85. The number of nitrogens with two attached hydrogens (primary N) is 1. The number of hydrogen-bond acceptors (Lipinski definition) is 1. The lowest BCUT2D eigenvalue weighted by Gasteiger charge is -2.31. The highest BCUT2D eigenvalue weighted by Crippen LogP contribution is 2.42. The predicted octanol–water partition coefficient (Wildman–Crippen LogP) is 2.89. The van der Waals surface area contributed by atoms with Crippen molar-refractivity contribution in [2.24, 2.45) is 17.6 Å². The van der Waals surface area contributed by atoms with Crippen LogP contribution >= 0.6 is 0 Å². The van der Waals surface area contributed by atoms with Gasteiger partial charge >= 0.3 is 0 Å². The molecule has 0 spiro atoms. The molecule has 2 heteroatoms. The van der Waals surface area contributed by atoms with Crippen LogP contribution in [0.3, 0.4) is 0 Å². The van der Waals surface area contributed by atoms with Crippen molar-refractivity contribution in [2.45, 2.75) is 58.2 Å². The summed E-state index contributed by atoms with van der Waals surface area (Å²) in [6.45, 7) is 6.29. The Balaban J connectivity index is 2.59. The van der Waals surface area contributed by atoms with Crippen molar-refractivity contribution in [1.29, 1.82) is 0 Å². The van der Waals surface area contributed by atoms with Gasteiger partial charge < -0.3 is 5.73 Å². The Morgan fingerprint density at radius 1 is 1.54 bits per heavy atom. The van der Waals surface area contributed by atoms with E-state index in [9.17, 15) is 4.39 Å². The Labute approximate surface area is 80.9 Å². The minimum Gasteiger partial charge on any atom is -0.328 e. The lowest BCUT2D eigenvalue weighted by molar-refractivity contribution is 0.0626. The van der Waals surface area contributed by atoms with Gasteiger partial charge in [0.25, 0.3) is 0 Å². The van der Waals surface area contributed by atoms with Gasteiger partial charge in [0.2, 0.25) is 0 Å². The van der Waals surface area contributed by atoms with Crippen LogP contribution in [0.25, 0.3) is 0 Å². The van der Waals surface area contributed by atoms with Gasteiger partial charge in [-0.2, -0.15) is 0 Å². The molecular weight excluding hydrogens is 165 g/mol. The third-order valence-corrected chi connectivity index (χ3v) is 3.85. The van der Waals surface area contributed by atoms with Gasteiger partial charge in [-0.15, -0.1) is 0 Å². The van der Waals surface area contributed by atoms with Gasteiger partial charge in [0.05, 0.1) is 0 Å². The minimum atomic E-state index is -0.977. The first-order valence-electron chi connectivity index (χ1n) is 5.44. The molecule has 0 aromatic heterocycles. The molecule has 1 saturated carbocycles. The second-order valence-electron chi connectivity index (χ2n) is 4.71. The summed E-state index contributed by atoms with van der Waals surface area (Å²) in [5, 5.41) is 0. The molecule has 0 aromatic carbocycles. The first-order valence-corrected chi connectivity index (χ1v) is 5.44. The fourth-order valence-corrected chi connectivity index (χ4v) is 2.34. The van der Waals surface area contributed by atoms with E-state index in [4.69, 9.17) is 5.73 Å². The zero-order valence-electron chi connectivity index (χ0n) is 9.02. The first kappa shape index (κ1) is 11.0. The number of halogens is 1. The summed E-state index contributed by atoms with van der Waals surface area (Å²) in [6, 6.07) is 0.0940. The smallest absolute Gasteiger partial charge is 0.115 e. The summed E-state index contributed by atoms with van der Waals surface area (Å²) in [7, 11) is 0. The monoisotopic (exact) mass is 187 g/mol. The molecule has 1 nitrogen and oxygen atoms in total. The lowest BCUT2D eigenvalue weighted by atomic mass is 9.79. The van der Waals surface area contributed by atoms with Crippen LogP contribution in [0.1, 0.15) is 46.5 Å². The molecular formula is C11H22FN. The van der Waals surface area contributed by atoms with Crippen LogP contribution in [0, 0.1) is 11.8 Å². The maximum Gasteiger partial charge on any atom is 0.115 e. The zero-order chi connectivity index (χ0) is 10.1. The van der Waals surface area contributed by atoms with Gasteiger partial charge in [-0.25, -0.2) is 4.39 Å². The summed E-state index contributed by atoms with van der Waals surface area (Å²) in [5.41, 5.74) is 4.77. The van der Waals surface area contributed by atoms with Gasteiger partial charge in [-0.1, -0.05) is 27.2 Å². The number of alkyl halides is 1. The second-order valence-corrected chi connectivity index (χ2v) is 4.71. The summed E-state index contributed by atoms with van der Waals surface area (Å²) >= 11 is 0. The lowest BCUT2D eigenvalue weighted by Crippen LogP contribution is -2.34. The molecule has 0 radical (unpaired) electrons. The van der Waals surface area contributed by atoms with Crippen LogP contribution in [0.15, 0.2) is 0 Å². The minimum absolute atomic E-state index is 0.0940. The quantitative estimate of drug-likeness (QED) is 0.722. The Hall–Kier alpha value is -0.110.